The number of aromatic nitrogens is 2. The van der Waals surface area contributed by atoms with E-state index in [2.05, 4.69) is 15.2 Å². The molecule has 0 spiro atoms. The van der Waals surface area contributed by atoms with Crippen LogP contribution in [0.5, 0.6) is 0 Å². The van der Waals surface area contributed by atoms with E-state index in [0.717, 1.165) is 31.5 Å². The predicted molar refractivity (Wildman–Crippen MR) is 120 cm³/mol. The van der Waals surface area contributed by atoms with Gasteiger partial charge in [-0.25, -0.2) is 18.4 Å². The molecule has 1 saturated heterocycles. The number of benzene rings is 1. The minimum Gasteiger partial charge on any atom is -0.373 e. The Hall–Kier alpha value is -2.52. The van der Waals surface area contributed by atoms with Crippen LogP contribution >= 0.6 is 0 Å². The summed E-state index contributed by atoms with van der Waals surface area (Å²) in [6, 6.07) is 10.4. The van der Waals surface area contributed by atoms with Gasteiger partial charge >= 0.3 is 0 Å². The molecule has 3 rings (SSSR count). The number of likely N-dealkylation sites (tertiary alicyclic amines) is 1. The van der Waals surface area contributed by atoms with Crippen molar-refractivity contribution in [2.45, 2.75) is 43.7 Å². The summed E-state index contributed by atoms with van der Waals surface area (Å²) in [4.78, 5) is 25.2. The fraction of sp³-hybridized carbons (Fsp3) is 0.500. The minimum atomic E-state index is -3.35. The number of piperidine rings is 1. The van der Waals surface area contributed by atoms with E-state index in [1.807, 2.05) is 12.1 Å². The molecule has 1 aromatic heterocycles. The zero-order valence-electron chi connectivity index (χ0n) is 18.4. The standard InChI is InChI=1S/C22H31N5O3S/c1-17(28)26(3)16-18-15-21(23-2)25-22(24-18)20-11-7-8-12-27(20)13-14-31(29,30)19-9-5-4-6-10-19/h4-6,9-10,15,20H,7-8,11-14,16H2,1-3H3,(H,23,24,25)/t20-/m0/s1. The molecule has 31 heavy (non-hydrogen) atoms. The van der Waals surface area contributed by atoms with Gasteiger partial charge in [0.15, 0.2) is 9.84 Å². The van der Waals surface area contributed by atoms with Gasteiger partial charge in [0.05, 0.1) is 28.9 Å². The molecule has 2 aromatic rings. The number of rotatable bonds is 8. The first-order chi connectivity index (χ1) is 14.8. The van der Waals surface area contributed by atoms with Crippen molar-refractivity contribution in [3.63, 3.8) is 0 Å². The zero-order valence-corrected chi connectivity index (χ0v) is 19.2. The van der Waals surface area contributed by atoms with Gasteiger partial charge in [-0.05, 0) is 31.5 Å². The molecule has 1 aliphatic heterocycles. The van der Waals surface area contributed by atoms with Gasteiger partial charge in [0.2, 0.25) is 5.91 Å². The summed E-state index contributed by atoms with van der Waals surface area (Å²) in [5.41, 5.74) is 0.759. The molecule has 9 heteroatoms. The van der Waals surface area contributed by atoms with Crippen molar-refractivity contribution >= 4 is 21.6 Å². The SMILES string of the molecule is CNc1cc(CN(C)C(C)=O)nc([C@@H]2CCCCN2CCS(=O)(=O)c2ccccc2)n1. The predicted octanol–water partition coefficient (Wildman–Crippen LogP) is 2.50. The van der Waals surface area contributed by atoms with E-state index in [1.165, 1.54) is 6.92 Å². The number of sulfone groups is 1. The average molecular weight is 446 g/mol. The molecule has 1 aliphatic rings. The lowest BCUT2D eigenvalue weighted by atomic mass is 10.0. The number of carbonyl (C=O) groups excluding carboxylic acids is 1. The van der Waals surface area contributed by atoms with Gasteiger partial charge in [-0.15, -0.1) is 0 Å². The molecular formula is C22H31N5O3S. The van der Waals surface area contributed by atoms with Gasteiger partial charge in [-0.2, -0.15) is 0 Å². The minimum absolute atomic E-state index is 0.0309. The van der Waals surface area contributed by atoms with Crippen LogP contribution in [-0.2, 0) is 21.2 Å². The third-order valence-electron chi connectivity index (χ3n) is 5.65. The van der Waals surface area contributed by atoms with Crippen LogP contribution in [0.15, 0.2) is 41.3 Å². The van der Waals surface area contributed by atoms with Gasteiger partial charge < -0.3 is 10.2 Å². The van der Waals surface area contributed by atoms with Crippen molar-refractivity contribution in [3.05, 3.63) is 47.9 Å². The maximum Gasteiger partial charge on any atom is 0.219 e. The summed E-state index contributed by atoms with van der Waals surface area (Å²) in [7, 11) is 0.191. The maximum absolute atomic E-state index is 12.8. The van der Waals surface area contributed by atoms with Crippen LogP contribution in [0.4, 0.5) is 5.82 Å². The largest absolute Gasteiger partial charge is 0.373 e. The molecule has 1 aromatic carbocycles. The van der Waals surface area contributed by atoms with Crippen molar-refractivity contribution in [2.75, 3.05) is 38.3 Å². The average Bonchev–Trinajstić information content (AvgIpc) is 2.78. The third kappa shape index (κ3) is 6.01. The molecule has 0 unspecified atom stereocenters. The van der Waals surface area contributed by atoms with Crippen LogP contribution in [0.3, 0.4) is 0 Å². The lowest BCUT2D eigenvalue weighted by Crippen LogP contribution is -2.38. The topological polar surface area (TPSA) is 95.5 Å². The van der Waals surface area contributed by atoms with Crippen molar-refractivity contribution in [1.29, 1.82) is 0 Å². The Bertz CT molecular complexity index is 997. The van der Waals surface area contributed by atoms with Gasteiger partial charge in [0.1, 0.15) is 11.6 Å². The molecule has 1 atom stereocenters. The van der Waals surface area contributed by atoms with Crippen LogP contribution in [0.1, 0.15) is 43.7 Å². The lowest BCUT2D eigenvalue weighted by Gasteiger charge is -2.35. The second-order valence-electron chi connectivity index (χ2n) is 7.91. The van der Waals surface area contributed by atoms with Gasteiger partial charge in [-0.1, -0.05) is 24.6 Å². The first-order valence-corrected chi connectivity index (χ1v) is 12.2. The molecule has 2 heterocycles. The Morgan fingerprint density at radius 1 is 1.23 bits per heavy atom. The van der Waals surface area contributed by atoms with Gasteiger partial charge in [-0.3, -0.25) is 9.69 Å². The van der Waals surface area contributed by atoms with E-state index in [-0.39, 0.29) is 17.7 Å². The van der Waals surface area contributed by atoms with E-state index in [4.69, 9.17) is 4.98 Å². The summed E-state index contributed by atoms with van der Waals surface area (Å²) in [5, 5.41) is 3.07. The zero-order chi connectivity index (χ0) is 22.4. The Kier molecular flexibility index (Phi) is 7.61. The summed E-state index contributed by atoms with van der Waals surface area (Å²) >= 11 is 0. The molecular weight excluding hydrogens is 414 g/mol. The quantitative estimate of drug-likeness (QED) is 0.667. The first kappa shape index (κ1) is 23.1. The highest BCUT2D eigenvalue weighted by Gasteiger charge is 2.28. The van der Waals surface area contributed by atoms with E-state index in [0.29, 0.717) is 29.6 Å². The monoisotopic (exact) mass is 445 g/mol. The van der Waals surface area contributed by atoms with Crippen LogP contribution < -0.4 is 5.32 Å². The summed E-state index contributed by atoms with van der Waals surface area (Å²) < 4.78 is 25.5. The summed E-state index contributed by atoms with van der Waals surface area (Å²) in [6.45, 7) is 3.16. The number of nitrogens with zero attached hydrogens (tertiary/aromatic N) is 4. The fourth-order valence-corrected chi connectivity index (χ4v) is 5.05. The third-order valence-corrected chi connectivity index (χ3v) is 7.36. The Labute approximate surface area is 184 Å². The number of carbonyl (C=O) groups is 1. The van der Waals surface area contributed by atoms with E-state index < -0.39 is 9.84 Å². The smallest absolute Gasteiger partial charge is 0.219 e. The van der Waals surface area contributed by atoms with Crippen LogP contribution in [0.25, 0.3) is 0 Å². The van der Waals surface area contributed by atoms with Crippen molar-refractivity contribution in [1.82, 2.24) is 19.8 Å². The van der Waals surface area contributed by atoms with Crippen molar-refractivity contribution in [3.8, 4) is 0 Å². The number of amides is 1. The van der Waals surface area contributed by atoms with Gasteiger partial charge in [0, 0.05) is 33.6 Å². The first-order valence-electron chi connectivity index (χ1n) is 10.6. The Morgan fingerprint density at radius 2 is 1.97 bits per heavy atom. The second kappa shape index (κ2) is 10.2. The van der Waals surface area contributed by atoms with E-state index in [9.17, 15) is 13.2 Å². The van der Waals surface area contributed by atoms with Crippen molar-refractivity contribution in [2.24, 2.45) is 0 Å². The summed E-state index contributed by atoms with van der Waals surface area (Å²) in [6.07, 6.45) is 2.94. The number of anilines is 1. The Morgan fingerprint density at radius 3 is 2.65 bits per heavy atom. The molecule has 0 bridgehead atoms. The maximum atomic E-state index is 12.8. The molecule has 168 valence electrons. The van der Waals surface area contributed by atoms with Gasteiger partial charge in [0.25, 0.3) is 0 Å². The lowest BCUT2D eigenvalue weighted by molar-refractivity contribution is -0.128. The second-order valence-corrected chi connectivity index (χ2v) is 10.0. The fourth-order valence-electron chi connectivity index (χ4n) is 3.76. The number of hydrogen-bond acceptors (Lipinski definition) is 7. The number of hydrogen-bond donors (Lipinski definition) is 1. The molecule has 0 saturated carbocycles. The Balaban J connectivity index is 1.80. The molecule has 1 fully saturated rings. The molecule has 1 amide bonds. The highest BCUT2D eigenvalue weighted by molar-refractivity contribution is 7.91. The van der Waals surface area contributed by atoms with Crippen LogP contribution in [0, 0.1) is 0 Å². The summed E-state index contributed by atoms with van der Waals surface area (Å²) in [5.74, 6) is 1.39. The van der Waals surface area contributed by atoms with E-state index in [1.54, 1.807) is 43.3 Å². The molecule has 0 aliphatic carbocycles. The van der Waals surface area contributed by atoms with E-state index >= 15 is 0 Å². The molecule has 1 N–H and O–H groups in total. The normalized spacial score (nSPS) is 17.3. The van der Waals surface area contributed by atoms with Crippen molar-refractivity contribution < 1.29 is 13.2 Å². The van der Waals surface area contributed by atoms with Crippen LogP contribution in [-0.4, -0.2) is 67.0 Å². The molecule has 8 nitrogen and oxygen atoms in total. The number of nitrogens with one attached hydrogen (secondary N) is 1. The highest BCUT2D eigenvalue weighted by atomic mass is 32.2. The highest BCUT2D eigenvalue weighted by Crippen LogP contribution is 2.30. The molecule has 0 radical (unpaired) electrons. The van der Waals surface area contributed by atoms with Crippen LogP contribution in [0.2, 0.25) is 0 Å².